The van der Waals surface area contributed by atoms with Gasteiger partial charge in [-0.2, -0.15) is 0 Å². The van der Waals surface area contributed by atoms with Crippen LogP contribution in [0.4, 0.5) is 4.39 Å². The van der Waals surface area contributed by atoms with Crippen LogP contribution in [0.2, 0.25) is 5.02 Å². The third-order valence-electron chi connectivity index (χ3n) is 3.30. The molecule has 2 rings (SSSR count). The van der Waals surface area contributed by atoms with Gasteiger partial charge in [0.1, 0.15) is 0 Å². The molecular formula is C17H19ClFN3O. The number of nitrogens with zero attached hydrogens (tertiary/aromatic N) is 1. The van der Waals surface area contributed by atoms with Crippen LogP contribution in [-0.4, -0.2) is 20.1 Å². The van der Waals surface area contributed by atoms with Crippen LogP contribution in [0.1, 0.15) is 11.1 Å². The van der Waals surface area contributed by atoms with Crippen molar-refractivity contribution in [1.29, 1.82) is 0 Å². The molecule has 2 aromatic rings. The molecule has 6 heteroatoms. The highest BCUT2D eigenvalue weighted by atomic mass is 35.5. The van der Waals surface area contributed by atoms with E-state index in [0.29, 0.717) is 24.1 Å². The predicted octanol–water partition coefficient (Wildman–Crippen LogP) is 3.35. The molecule has 2 aromatic carbocycles. The maximum atomic E-state index is 13.7. The van der Waals surface area contributed by atoms with Gasteiger partial charge in [0, 0.05) is 25.2 Å². The van der Waals surface area contributed by atoms with Crippen LogP contribution in [0, 0.1) is 5.82 Å². The first-order valence-corrected chi connectivity index (χ1v) is 7.52. The van der Waals surface area contributed by atoms with E-state index < -0.39 is 0 Å². The van der Waals surface area contributed by atoms with Crippen molar-refractivity contribution in [1.82, 2.24) is 10.6 Å². The lowest BCUT2D eigenvalue weighted by Gasteiger charge is -2.13. The molecule has 0 atom stereocenters. The van der Waals surface area contributed by atoms with Crippen molar-refractivity contribution in [2.45, 2.75) is 13.1 Å². The van der Waals surface area contributed by atoms with Crippen LogP contribution >= 0.6 is 11.6 Å². The minimum absolute atomic E-state index is 0.231. The monoisotopic (exact) mass is 335 g/mol. The van der Waals surface area contributed by atoms with Crippen LogP contribution < -0.4 is 15.4 Å². The summed E-state index contributed by atoms with van der Waals surface area (Å²) < 4.78 is 18.6. The van der Waals surface area contributed by atoms with Crippen molar-refractivity contribution in [3.05, 3.63) is 64.4 Å². The number of aliphatic imine (C=N–C) groups is 1. The number of hydrogen-bond donors (Lipinski definition) is 2. The SMILES string of the molecule is CN=C(NCc1ccc(OC)c(F)c1)NCc1ccccc1Cl. The van der Waals surface area contributed by atoms with Crippen LogP contribution in [0.25, 0.3) is 0 Å². The van der Waals surface area contributed by atoms with E-state index in [0.717, 1.165) is 11.1 Å². The topological polar surface area (TPSA) is 45.7 Å². The van der Waals surface area contributed by atoms with Gasteiger partial charge in [-0.25, -0.2) is 4.39 Å². The average molecular weight is 336 g/mol. The van der Waals surface area contributed by atoms with Crippen molar-refractivity contribution in [2.75, 3.05) is 14.2 Å². The molecule has 122 valence electrons. The van der Waals surface area contributed by atoms with Gasteiger partial charge in [-0.15, -0.1) is 0 Å². The third kappa shape index (κ3) is 4.86. The second kappa shape index (κ2) is 8.39. The molecular weight excluding hydrogens is 317 g/mol. The van der Waals surface area contributed by atoms with E-state index in [2.05, 4.69) is 15.6 Å². The molecule has 0 unspecified atom stereocenters. The smallest absolute Gasteiger partial charge is 0.191 e. The summed E-state index contributed by atoms with van der Waals surface area (Å²) in [6, 6.07) is 12.4. The highest BCUT2D eigenvalue weighted by molar-refractivity contribution is 6.31. The molecule has 0 radical (unpaired) electrons. The van der Waals surface area contributed by atoms with Gasteiger partial charge in [-0.1, -0.05) is 35.9 Å². The number of nitrogens with one attached hydrogen (secondary N) is 2. The zero-order chi connectivity index (χ0) is 16.7. The van der Waals surface area contributed by atoms with Gasteiger partial charge in [0.15, 0.2) is 17.5 Å². The van der Waals surface area contributed by atoms with Gasteiger partial charge in [0.05, 0.1) is 7.11 Å². The summed E-state index contributed by atoms with van der Waals surface area (Å²) in [4.78, 5) is 4.14. The summed E-state index contributed by atoms with van der Waals surface area (Å²) in [5.41, 5.74) is 1.77. The summed E-state index contributed by atoms with van der Waals surface area (Å²) >= 11 is 6.12. The number of ether oxygens (including phenoxy) is 1. The molecule has 0 spiro atoms. The lowest BCUT2D eigenvalue weighted by molar-refractivity contribution is 0.386. The highest BCUT2D eigenvalue weighted by Gasteiger charge is 2.05. The lowest BCUT2D eigenvalue weighted by atomic mass is 10.2. The fraction of sp³-hybridized carbons (Fsp3) is 0.235. The quantitative estimate of drug-likeness (QED) is 0.650. The standard InChI is InChI=1S/C17H19ClFN3O/c1-20-17(22-11-13-5-3-4-6-14(13)18)21-10-12-7-8-16(23-2)15(19)9-12/h3-9H,10-11H2,1-2H3,(H2,20,21,22). The van der Waals surface area contributed by atoms with E-state index in [4.69, 9.17) is 16.3 Å². The predicted molar refractivity (Wildman–Crippen MR) is 91.4 cm³/mol. The number of rotatable bonds is 5. The molecule has 0 bridgehead atoms. The second-order valence-corrected chi connectivity index (χ2v) is 5.25. The Bertz CT molecular complexity index is 691. The molecule has 0 aliphatic rings. The summed E-state index contributed by atoms with van der Waals surface area (Å²) in [5, 5.41) is 7.00. The number of guanidine groups is 1. The first kappa shape index (κ1) is 17.1. The number of halogens is 2. The number of methoxy groups -OCH3 is 1. The van der Waals surface area contributed by atoms with Gasteiger partial charge < -0.3 is 15.4 Å². The van der Waals surface area contributed by atoms with Crippen molar-refractivity contribution in [2.24, 2.45) is 4.99 Å². The average Bonchev–Trinajstić information content (AvgIpc) is 2.56. The lowest BCUT2D eigenvalue weighted by Crippen LogP contribution is -2.36. The molecule has 0 aliphatic carbocycles. The molecule has 4 nitrogen and oxygen atoms in total. The van der Waals surface area contributed by atoms with Gasteiger partial charge in [-0.05, 0) is 29.3 Å². The first-order valence-electron chi connectivity index (χ1n) is 7.14. The Kier molecular flexibility index (Phi) is 6.23. The van der Waals surface area contributed by atoms with Gasteiger partial charge in [-0.3, -0.25) is 4.99 Å². The maximum Gasteiger partial charge on any atom is 0.191 e. The Morgan fingerprint density at radius 3 is 2.57 bits per heavy atom. The highest BCUT2D eigenvalue weighted by Crippen LogP contribution is 2.17. The van der Waals surface area contributed by atoms with Gasteiger partial charge >= 0.3 is 0 Å². The fourth-order valence-corrected chi connectivity index (χ4v) is 2.25. The summed E-state index contributed by atoms with van der Waals surface area (Å²) in [6.45, 7) is 0.999. The molecule has 0 heterocycles. The van der Waals surface area contributed by atoms with Gasteiger partial charge in [0.2, 0.25) is 0 Å². The fourth-order valence-electron chi connectivity index (χ4n) is 2.05. The molecule has 0 saturated carbocycles. The van der Waals surface area contributed by atoms with Crippen molar-refractivity contribution in [3.63, 3.8) is 0 Å². The Morgan fingerprint density at radius 2 is 1.91 bits per heavy atom. The Balaban J connectivity index is 1.90. The molecule has 0 fully saturated rings. The summed E-state index contributed by atoms with van der Waals surface area (Å²) in [5.74, 6) is 0.460. The normalized spacial score (nSPS) is 11.2. The van der Waals surface area contributed by atoms with Crippen LogP contribution in [0.5, 0.6) is 5.75 Å². The largest absolute Gasteiger partial charge is 0.494 e. The maximum absolute atomic E-state index is 13.7. The zero-order valence-electron chi connectivity index (χ0n) is 13.1. The van der Waals surface area contributed by atoms with Crippen LogP contribution in [0.3, 0.4) is 0 Å². The van der Waals surface area contributed by atoms with Gasteiger partial charge in [0.25, 0.3) is 0 Å². The summed E-state index contributed by atoms with van der Waals surface area (Å²) in [6.07, 6.45) is 0. The van der Waals surface area contributed by atoms with Crippen molar-refractivity contribution >= 4 is 17.6 Å². The van der Waals surface area contributed by atoms with E-state index in [1.165, 1.54) is 13.2 Å². The molecule has 0 amide bonds. The van der Waals surface area contributed by atoms with Crippen LogP contribution in [-0.2, 0) is 13.1 Å². The molecule has 23 heavy (non-hydrogen) atoms. The van der Waals surface area contributed by atoms with E-state index in [1.807, 2.05) is 24.3 Å². The van der Waals surface area contributed by atoms with Crippen molar-refractivity contribution < 1.29 is 9.13 Å². The molecule has 0 aliphatic heterocycles. The molecule has 2 N–H and O–H groups in total. The molecule has 0 aromatic heterocycles. The minimum Gasteiger partial charge on any atom is -0.494 e. The Hall–Kier alpha value is -2.27. The third-order valence-corrected chi connectivity index (χ3v) is 3.67. The molecule has 0 saturated heterocycles. The first-order chi connectivity index (χ1) is 11.1. The minimum atomic E-state index is -0.384. The van der Waals surface area contributed by atoms with E-state index in [-0.39, 0.29) is 11.6 Å². The van der Waals surface area contributed by atoms with E-state index in [1.54, 1.807) is 19.2 Å². The second-order valence-electron chi connectivity index (χ2n) is 4.84. The van der Waals surface area contributed by atoms with E-state index >= 15 is 0 Å². The number of hydrogen-bond acceptors (Lipinski definition) is 2. The van der Waals surface area contributed by atoms with Crippen molar-refractivity contribution in [3.8, 4) is 5.75 Å². The zero-order valence-corrected chi connectivity index (χ0v) is 13.8. The Morgan fingerprint density at radius 1 is 1.17 bits per heavy atom. The summed E-state index contributed by atoms with van der Waals surface area (Å²) in [7, 11) is 3.12. The van der Waals surface area contributed by atoms with Crippen LogP contribution in [0.15, 0.2) is 47.5 Å². The number of benzene rings is 2. The van der Waals surface area contributed by atoms with E-state index in [9.17, 15) is 4.39 Å². The Labute approximate surface area is 140 Å².